The number of rotatable bonds is 2. The fourth-order valence-corrected chi connectivity index (χ4v) is 2.16. The molecular weight excluding hydrogens is 238 g/mol. The Morgan fingerprint density at radius 1 is 1.05 bits per heavy atom. The Labute approximate surface area is 110 Å². The number of aromatic nitrogens is 2. The molecule has 1 aromatic heterocycles. The van der Waals surface area contributed by atoms with Crippen LogP contribution in [-0.4, -0.2) is 17.2 Å². The first-order valence-corrected chi connectivity index (χ1v) is 6.05. The summed E-state index contributed by atoms with van der Waals surface area (Å²) in [6, 6.07) is 15.4. The number of hydrogen-bond acceptors (Lipinski definition) is 3. The maximum atomic E-state index is 11.8. The predicted octanol–water partition coefficient (Wildman–Crippen LogP) is 2.63. The molecule has 3 aromatic rings. The van der Waals surface area contributed by atoms with E-state index in [1.54, 1.807) is 6.07 Å². The summed E-state index contributed by atoms with van der Waals surface area (Å²) in [6.07, 6.45) is 0. The van der Waals surface area contributed by atoms with E-state index in [-0.39, 0.29) is 5.56 Å². The summed E-state index contributed by atoms with van der Waals surface area (Å²) >= 11 is 0. The van der Waals surface area contributed by atoms with Crippen molar-refractivity contribution in [2.24, 2.45) is 0 Å². The first kappa shape index (κ1) is 11.5. The van der Waals surface area contributed by atoms with Crippen molar-refractivity contribution in [2.45, 2.75) is 0 Å². The van der Waals surface area contributed by atoms with Crippen LogP contribution in [0.2, 0.25) is 0 Å². The van der Waals surface area contributed by atoms with Crippen LogP contribution in [-0.2, 0) is 0 Å². The molecule has 0 saturated carbocycles. The van der Waals surface area contributed by atoms with Crippen molar-refractivity contribution < 1.29 is 0 Å². The molecule has 0 saturated heterocycles. The molecule has 0 bridgehead atoms. The second-order valence-corrected chi connectivity index (χ2v) is 4.28. The van der Waals surface area contributed by atoms with Gasteiger partial charge in [-0.2, -0.15) is 5.10 Å². The number of benzene rings is 2. The van der Waals surface area contributed by atoms with Crippen LogP contribution in [0.15, 0.2) is 53.3 Å². The average Bonchev–Trinajstić information content (AvgIpc) is 2.48. The van der Waals surface area contributed by atoms with Crippen molar-refractivity contribution in [1.82, 2.24) is 10.2 Å². The van der Waals surface area contributed by atoms with Crippen LogP contribution >= 0.6 is 0 Å². The van der Waals surface area contributed by atoms with Crippen LogP contribution in [0.5, 0.6) is 0 Å². The Morgan fingerprint density at radius 2 is 1.84 bits per heavy atom. The van der Waals surface area contributed by atoms with Gasteiger partial charge in [0.05, 0.1) is 11.1 Å². The summed E-state index contributed by atoms with van der Waals surface area (Å²) < 4.78 is 0. The number of H-pyrrole nitrogens is 1. The zero-order valence-corrected chi connectivity index (χ0v) is 10.5. The topological polar surface area (TPSA) is 57.8 Å². The lowest BCUT2D eigenvalue weighted by molar-refractivity contribution is 1.02. The van der Waals surface area contributed by atoms with Crippen molar-refractivity contribution in [3.05, 3.63) is 58.9 Å². The molecule has 0 aliphatic carbocycles. The maximum Gasteiger partial charge on any atom is 0.272 e. The zero-order chi connectivity index (χ0) is 13.2. The first-order valence-electron chi connectivity index (χ1n) is 6.05. The van der Waals surface area contributed by atoms with E-state index in [0.29, 0.717) is 5.39 Å². The highest BCUT2D eigenvalue weighted by Crippen LogP contribution is 2.25. The van der Waals surface area contributed by atoms with Crippen molar-refractivity contribution in [3.63, 3.8) is 0 Å². The molecule has 4 nitrogen and oxygen atoms in total. The highest BCUT2D eigenvalue weighted by molar-refractivity contribution is 5.94. The van der Waals surface area contributed by atoms with E-state index in [2.05, 4.69) is 15.5 Å². The van der Waals surface area contributed by atoms with Crippen LogP contribution in [0.3, 0.4) is 0 Å². The molecule has 19 heavy (non-hydrogen) atoms. The fraction of sp³-hybridized carbons (Fsp3) is 0.0667. The third-order valence-corrected chi connectivity index (χ3v) is 3.12. The SMILES string of the molecule is CNc1cccc(-c2n[nH]c(=O)c3ccccc23)c1. The minimum Gasteiger partial charge on any atom is -0.388 e. The highest BCUT2D eigenvalue weighted by Gasteiger charge is 2.08. The van der Waals surface area contributed by atoms with Crippen LogP contribution in [0, 0.1) is 0 Å². The van der Waals surface area contributed by atoms with Gasteiger partial charge in [-0.1, -0.05) is 30.3 Å². The van der Waals surface area contributed by atoms with Crippen LogP contribution in [0.4, 0.5) is 5.69 Å². The van der Waals surface area contributed by atoms with Gasteiger partial charge in [0.1, 0.15) is 0 Å². The molecule has 0 atom stereocenters. The molecule has 0 unspecified atom stereocenters. The predicted molar refractivity (Wildman–Crippen MR) is 77.3 cm³/mol. The van der Waals surface area contributed by atoms with E-state index in [1.807, 2.05) is 49.5 Å². The lowest BCUT2D eigenvalue weighted by Gasteiger charge is -2.06. The van der Waals surface area contributed by atoms with Crippen LogP contribution < -0.4 is 10.9 Å². The van der Waals surface area contributed by atoms with E-state index in [4.69, 9.17) is 0 Å². The van der Waals surface area contributed by atoms with E-state index in [0.717, 1.165) is 22.3 Å². The molecule has 0 aliphatic rings. The van der Waals surface area contributed by atoms with Crippen LogP contribution in [0.1, 0.15) is 0 Å². The summed E-state index contributed by atoms with van der Waals surface area (Å²) in [5, 5.41) is 11.4. The number of nitrogens with one attached hydrogen (secondary N) is 2. The standard InChI is InChI=1S/C15H13N3O/c1-16-11-6-4-5-10(9-11)14-12-7-2-3-8-13(12)15(19)18-17-14/h2-9,16H,1H3,(H,18,19). The molecule has 0 amide bonds. The van der Waals surface area contributed by atoms with Gasteiger partial charge in [0.15, 0.2) is 0 Å². The van der Waals surface area contributed by atoms with Gasteiger partial charge in [-0.05, 0) is 18.2 Å². The molecule has 2 N–H and O–H groups in total. The summed E-state index contributed by atoms with van der Waals surface area (Å²) in [5.74, 6) is 0. The van der Waals surface area contributed by atoms with Gasteiger partial charge in [-0.25, -0.2) is 5.10 Å². The molecule has 1 heterocycles. The number of hydrogen-bond donors (Lipinski definition) is 2. The lowest BCUT2D eigenvalue weighted by Crippen LogP contribution is -2.09. The third kappa shape index (κ3) is 1.97. The van der Waals surface area contributed by atoms with Gasteiger partial charge >= 0.3 is 0 Å². The highest BCUT2D eigenvalue weighted by atomic mass is 16.1. The Bertz CT molecular complexity index is 792. The van der Waals surface area contributed by atoms with Crippen LogP contribution in [0.25, 0.3) is 22.0 Å². The number of aromatic amines is 1. The minimum atomic E-state index is -0.163. The molecule has 0 fully saturated rings. The molecule has 4 heteroatoms. The van der Waals surface area contributed by atoms with Crippen molar-refractivity contribution in [1.29, 1.82) is 0 Å². The smallest absolute Gasteiger partial charge is 0.272 e. The Morgan fingerprint density at radius 3 is 2.63 bits per heavy atom. The third-order valence-electron chi connectivity index (χ3n) is 3.12. The lowest BCUT2D eigenvalue weighted by atomic mass is 10.0. The molecule has 94 valence electrons. The second kappa shape index (κ2) is 4.57. The molecule has 3 rings (SSSR count). The van der Waals surface area contributed by atoms with Gasteiger partial charge in [0.25, 0.3) is 5.56 Å². The number of nitrogens with zero attached hydrogens (tertiary/aromatic N) is 1. The monoisotopic (exact) mass is 251 g/mol. The van der Waals surface area contributed by atoms with Gasteiger partial charge < -0.3 is 5.32 Å². The van der Waals surface area contributed by atoms with Crippen molar-refractivity contribution in [3.8, 4) is 11.3 Å². The molecular formula is C15H13N3O. The Kier molecular flexibility index (Phi) is 2.76. The molecule has 0 aliphatic heterocycles. The number of fused-ring (bicyclic) bond motifs is 1. The summed E-state index contributed by atoms with van der Waals surface area (Å²) in [4.78, 5) is 11.8. The zero-order valence-electron chi connectivity index (χ0n) is 10.5. The van der Waals surface area contributed by atoms with E-state index in [1.165, 1.54) is 0 Å². The molecule has 0 spiro atoms. The summed E-state index contributed by atoms with van der Waals surface area (Å²) in [5.41, 5.74) is 2.60. The Hall–Kier alpha value is -2.62. The fourth-order valence-electron chi connectivity index (χ4n) is 2.16. The largest absolute Gasteiger partial charge is 0.388 e. The minimum absolute atomic E-state index is 0.163. The van der Waals surface area contributed by atoms with Gasteiger partial charge in [0, 0.05) is 23.7 Å². The molecule has 2 aromatic carbocycles. The van der Waals surface area contributed by atoms with Crippen molar-refractivity contribution >= 4 is 16.5 Å². The van der Waals surface area contributed by atoms with Gasteiger partial charge in [-0.15, -0.1) is 0 Å². The van der Waals surface area contributed by atoms with E-state index in [9.17, 15) is 4.79 Å². The van der Waals surface area contributed by atoms with E-state index >= 15 is 0 Å². The first-order chi connectivity index (χ1) is 9.29. The normalized spacial score (nSPS) is 10.6. The Balaban J connectivity index is 2.31. The average molecular weight is 251 g/mol. The summed E-state index contributed by atoms with van der Waals surface area (Å²) in [7, 11) is 1.87. The van der Waals surface area contributed by atoms with Gasteiger partial charge in [-0.3, -0.25) is 4.79 Å². The summed E-state index contributed by atoms with van der Waals surface area (Å²) in [6.45, 7) is 0. The second-order valence-electron chi connectivity index (χ2n) is 4.28. The van der Waals surface area contributed by atoms with Crippen molar-refractivity contribution in [2.75, 3.05) is 12.4 Å². The molecule has 0 radical (unpaired) electrons. The quantitative estimate of drug-likeness (QED) is 0.736. The maximum absolute atomic E-state index is 11.8. The number of anilines is 1. The van der Waals surface area contributed by atoms with Gasteiger partial charge in [0.2, 0.25) is 0 Å². The van der Waals surface area contributed by atoms with E-state index < -0.39 is 0 Å².